The molecule has 82 valence electrons. The molecule has 16 heavy (non-hydrogen) atoms. The number of aliphatic imine (C=N–C) groups is 1. The van der Waals surface area contributed by atoms with Crippen LogP contribution in [0.5, 0.6) is 0 Å². The molecule has 0 fully saturated rings. The first-order valence-corrected chi connectivity index (χ1v) is 6.64. The maximum absolute atomic E-state index is 5.78. The molecule has 0 bridgehead atoms. The summed E-state index contributed by atoms with van der Waals surface area (Å²) >= 11 is 11.3. The second kappa shape index (κ2) is 5.33. The number of furan rings is 1. The van der Waals surface area contributed by atoms with Gasteiger partial charge in [0.2, 0.25) is 0 Å². The number of hydrogen-bond acceptors (Lipinski definition) is 2. The summed E-state index contributed by atoms with van der Waals surface area (Å²) in [5.41, 5.74) is 0.840. The minimum absolute atomic E-state index is 0.703. The Morgan fingerprint density at radius 1 is 1.31 bits per heavy atom. The molecule has 0 atom stereocenters. The van der Waals surface area contributed by atoms with Crippen LogP contribution in [0.15, 0.2) is 44.2 Å². The van der Waals surface area contributed by atoms with E-state index in [9.17, 15) is 0 Å². The van der Waals surface area contributed by atoms with Gasteiger partial charge in [0.25, 0.3) is 0 Å². The summed E-state index contributed by atoms with van der Waals surface area (Å²) in [6, 6.07) is 9.18. The molecule has 0 aliphatic rings. The minimum Gasteiger partial charge on any atom is -0.448 e. The molecule has 0 saturated heterocycles. The number of halogens is 3. The SMILES string of the molecule is Clc1ccc(N=Cc2cc(Br)c(I)o2)cc1. The van der Waals surface area contributed by atoms with Crippen LogP contribution in [0.1, 0.15) is 5.76 Å². The Morgan fingerprint density at radius 3 is 2.56 bits per heavy atom. The van der Waals surface area contributed by atoms with E-state index < -0.39 is 0 Å². The predicted octanol–water partition coefficient (Wildman–Crippen LogP) is 5.05. The molecule has 0 amide bonds. The van der Waals surface area contributed by atoms with Gasteiger partial charge in [0.05, 0.1) is 16.4 Å². The van der Waals surface area contributed by atoms with Crippen molar-refractivity contribution in [1.82, 2.24) is 0 Å². The number of hydrogen-bond donors (Lipinski definition) is 0. The molecule has 0 saturated carbocycles. The van der Waals surface area contributed by atoms with E-state index in [-0.39, 0.29) is 0 Å². The van der Waals surface area contributed by atoms with Gasteiger partial charge in [0.1, 0.15) is 5.76 Å². The van der Waals surface area contributed by atoms with Crippen molar-refractivity contribution in [2.75, 3.05) is 0 Å². The fourth-order valence-electron chi connectivity index (χ4n) is 1.09. The van der Waals surface area contributed by atoms with Gasteiger partial charge < -0.3 is 4.42 Å². The zero-order valence-corrected chi connectivity index (χ0v) is 12.5. The van der Waals surface area contributed by atoms with E-state index in [1.165, 1.54) is 0 Å². The molecule has 0 spiro atoms. The summed E-state index contributed by atoms with van der Waals surface area (Å²) < 4.78 is 7.17. The molecule has 2 aromatic rings. The highest BCUT2D eigenvalue weighted by atomic mass is 127. The highest BCUT2D eigenvalue weighted by Crippen LogP contribution is 2.23. The van der Waals surface area contributed by atoms with Gasteiger partial charge in [-0.3, -0.25) is 4.99 Å². The number of benzene rings is 1. The van der Waals surface area contributed by atoms with Gasteiger partial charge in [0.15, 0.2) is 3.77 Å². The van der Waals surface area contributed by atoms with E-state index >= 15 is 0 Å². The maximum Gasteiger partial charge on any atom is 0.178 e. The van der Waals surface area contributed by atoms with Crippen LogP contribution >= 0.6 is 50.1 Å². The van der Waals surface area contributed by atoms with Crippen molar-refractivity contribution in [3.05, 3.63) is 49.4 Å². The average molecular weight is 410 g/mol. The lowest BCUT2D eigenvalue weighted by molar-refractivity contribution is 0.530. The van der Waals surface area contributed by atoms with Crippen molar-refractivity contribution < 1.29 is 4.42 Å². The monoisotopic (exact) mass is 409 g/mol. The van der Waals surface area contributed by atoms with E-state index in [0.717, 1.165) is 13.9 Å². The van der Waals surface area contributed by atoms with Crippen molar-refractivity contribution in [3.63, 3.8) is 0 Å². The van der Waals surface area contributed by atoms with Crippen molar-refractivity contribution >= 4 is 62.0 Å². The molecule has 2 nitrogen and oxygen atoms in total. The predicted molar refractivity (Wildman–Crippen MR) is 77.8 cm³/mol. The van der Waals surface area contributed by atoms with Gasteiger partial charge in [-0.05, 0) is 40.2 Å². The van der Waals surface area contributed by atoms with E-state index in [1.807, 2.05) is 18.2 Å². The second-order valence-corrected chi connectivity index (χ2v) is 5.28. The first kappa shape index (κ1) is 12.1. The molecule has 1 aromatic heterocycles. The van der Waals surface area contributed by atoms with Crippen LogP contribution in [0.4, 0.5) is 5.69 Å². The first-order valence-electron chi connectivity index (χ1n) is 4.39. The molecule has 0 aliphatic heterocycles. The topological polar surface area (TPSA) is 25.5 Å². The summed E-state index contributed by atoms with van der Waals surface area (Å²) in [6.07, 6.45) is 1.68. The van der Waals surface area contributed by atoms with E-state index in [2.05, 4.69) is 43.5 Å². The highest BCUT2D eigenvalue weighted by Gasteiger charge is 2.02. The van der Waals surface area contributed by atoms with Crippen LogP contribution < -0.4 is 0 Å². The van der Waals surface area contributed by atoms with Crippen LogP contribution in [0, 0.1) is 3.77 Å². The van der Waals surface area contributed by atoms with Crippen molar-refractivity contribution in [1.29, 1.82) is 0 Å². The molecule has 2 rings (SSSR count). The fraction of sp³-hybridized carbons (Fsp3) is 0. The Morgan fingerprint density at radius 2 is 2.00 bits per heavy atom. The second-order valence-electron chi connectivity index (χ2n) is 3.01. The summed E-state index contributed by atoms with van der Waals surface area (Å²) in [6.45, 7) is 0. The molecular formula is C11H6BrClINO. The summed E-state index contributed by atoms with van der Waals surface area (Å²) in [5, 5.41) is 0.703. The third-order valence-electron chi connectivity index (χ3n) is 1.83. The Hall–Kier alpha value is -0.330. The van der Waals surface area contributed by atoms with Gasteiger partial charge in [0, 0.05) is 33.7 Å². The van der Waals surface area contributed by atoms with Crippen LogP contribution in [0.3, 0.4) is 0 Å². The van der Waals surface area contributed by atoms with Crippen LogP contribution in [-0.2, 0) is 0 Å². The largest absolute Gasteiger partial charge is 0.448 e. The molecule has 1 aromatic carbocycles. The molecule has 0 aliphatic carbocycles. The fourth-order valence-corrected chi connectivity index (χ4v) is 1.93. The van der Waals surface area contributed by atoms with Crippen LogP contribution in [0.25, 0.3) is 0 Å². The third-order valence-corrected chi connectivity index (χ3v) is 4.22. The molecule has 5 heteroatoms. The van der Waals surface area contributed by atoms with Crippen molar-refractivity contribution in [2.45, 2.75) is 0 Å². The molecule has 0 N–H and O–H groups in total. The van der Waals surface area contributed by atoms with Crippen molar-refractivity contribution in [3.8, 4) is 0 Å². The normalized spacial score (nSPS) is 11.2. The standard InChI is InChI=1S/C11H6BrClINO/c12-10-5-9(16-11(10)14)6-15-8-3-1-7(13)2-4-8/h1-6H. The minimum atomic E-state index is 0.703. The summed E-state index contributed by atoms with van der Waals surface area (Å²) in [7, 11) is 0. The number of nitrogens with zero attached hydrogens (tertiary/aromatic N) is 1. The molecular weight excluding hydrogens is 404 g/mol. The van der Waals surface area contributed by atoms with Gasteiger partial charge in [-0.15, -0.1) is 0 Å². The lowest BCUT2D eigenvalue weighted by atomic mass is 10.3. The average Bonchev–Trinajstić information content (AvgIpc) is 2.58. The van der Waals surface area contributed by atoms with Gasteiger partial charge >= 0.3 is 0 Å². The van der Waals surface area contributed by atoms with Crippen molar-refractivity contribution in [2.24, 2.45) is 4.99 Å². The lowest BCUT2D eigenvalue weighted by Crippen LogP contribution is -1.73. The molecule has 1 heterocycles. The smallest absolute Gasteiger partial charge is 0.178 e. The Bertz CT molecular complexity index is 502. The Labute approximate surface area is 120 Å². The van der Waals surface area contributed by atoms with Gasteiger partial charge in [-0.1, -0.05) is 11.6 Å². The zero-order valence-electron chi connectivity index (χ0n) is 7.95. The Balaban J connectivity index is 2.17. The molecule has 0 radical (unpaired) electrons. The van der Waals surface area contributed by atoms with E-state index in [0.29, 0.717) is 10.8 Å². The quantitative estimate of drug-likeness (QED) is 0.502. The summed E-state index contributed by atoms with van der Waals surface area (Å²) in [5.74, 6) is 0.714. The molecule has 0 unspecified atom stereocenters. The zero-order chi connectivity index (χ0) is 11.5. The maximum atomic E-state index is 5.78. The summed E-state index contributed by atoms with van der Waals surface area (Å²) in [4.78, 5) is 4.27. The van der Waals surface area contributed by atoms with E-state index in [1.54, 1.807) is 18.3 Å². The van der Waals surface area contributed by atoms with Crippen LogP contribution in [-0.4, -0.2) is 6.21 Å². The van der Waals surface area contributed by atoms with Gasteiger partial charge in [-0.2, -0.15) is 0 Å². The lowest BCUT2D eigenvalue weighted by Gasteiger charge is -1.92. The third kappa shape index (κ3) is 3.09. The Kier molecular flexibility index (Phi) is 4.05. The first-order chi connectivity index (χ1) is 7.65. The number of rotatable bonds is 2. The highest BCUT2D eigenvalue weighted by molar-refractivity contribution is 14.1. The van der Waals surface area contributed by atoms with E-state index in [4.69, 9.17) is 16.0 Å². The van der Waals surface area contributed by atoms with Crippen LogP contribution in [0.2, 0.25) is 5.02 Å². The van der Waals surface area contributed by atoms with Gasteiger partial charge in [-0.25, -0.2) is 0 Å².